The summed E-state index contributed by atoms with van der Waals surface area (Å²) in [6.07, 6.45) is 0. The lowest BCUT2D eigenvalue weighted by Gasteiger charge is -2.20. The summed E-state index contributed by atoms with van der Waals surface area (Å²) in [5.74, 6) is -1.11. The number of benzene rings is 1. The molecule has 0 radical (unpaired) electrons. The summed E-state index contributed by atoms with van der Waals surface area (Å²) >= 11 is 5.79. The van der Waals surface area contributed by atoms with Crippen molar-refractivity contribution in [3.05, 3.63) is 28.8 Å². The van der Waals surface area contributed by atoms with Gasteiger partial charge in [-0.1, -0.05) is 11.6 Å². The van der Waals surface area contributed by atoms with E-state index >= 15 is 0 Å². The Morgan fingerprint density at radius 3 is 2.44 bits per heavy atom. The maximum atomic E-state index is 11.8. The molecule has 1 rings (SSSR count). The highest BCUT2D eigenvalue weighted by Crippen LogP contribution is 2.21. The molecule has 0 heterocycles. The highest BCUT2D eigenvalue weighted by Gasteiger charge is 2.15. The van der Waals surface area contributed by atoms with Crippen molar-refractivity contribution in [1.82, 2.24) is 4.90 Å². The quantitative estimate of drug-likeness (QED) is 0.884. The van der Waals surface area contributed by atoms with Gasteiger partial charge in [0.25, 0.3) is 0 Å². The van der Waals surface area contributed by atoms with E-state index in [2.05, 4.69) is 5.32 Å². The van der Waals surface area contributed by atoms with Crippen LogP contribution in [-0.2, 0) is 0 Å². The summed E-state index contributed by atoms with van der Waals surface area (Å²) in [5.41, 5.74) is 0.215. The average molecular weight is 271 g/mol. The lowest BCUT2D eigenvalue weighted by Crippen LogP contribution is -2.34. The van der Waals surface area contributed by atoms with Crippen LogP contribution in [0.5, 0.6) is 0 Å². The molecule has 0 saturated heterocycles. The average Bonchev–Trinajstić information content (AvgIpc) is 2.30. The third-order valence-electron chi connectivity index (χ3n) is 2.50. The summed E-state index contributed by atoms with van der Waals surface area (Å²) in [6.45, 7) is 4.79. The van der Waals surface area contributed by atoms with Crippen LogP contribution in [0.4, 0.5) is 10.5 Å². The minimum atomic E-state index is -1.11. The van der Waals surface area contributed by atoms with Gasteiger partial charge in [0.1, 0.15) is 0 Å². The molecule has 18 heavy (non-hydrogen) atoms. The molecule has 0 aromatic heterocycles. The van der Waals surface area contributed by atoms with Gasteiger partial charge in [-0.25, -0.2) is 9.59 Å². The lowest BCUT2D eigenvalue weighted by molar-refractivity contribution is 0.0698. The van der Waals surface area contributed by atoms with Gasteiger partial charge in [-0.3, -0.25) is 0 Å². The molecular weight excluding hydrogens is 256 g/mol. The van der Waals surface area contributed by atoms with Crippen molar-refractivity contribution in [3.8, 4) is 0 Å². The summed E-state index contributed by atoms with van der Waals surface area (Å²) in [4.78, 5) is 24.4. The SMILES string of the molecule is CCN(CC)C(=O)Nc1cc(Cl)ccc1C(=O)O. The zero-order chi connectivity index (χ0) is 13.7. The predicted octanol–water partition coefficient (Wildman–Crippen LogP) is 2.91. The van der Waals surface area contributed by atoms with E-state index in [1.54, 1.807) is 4.90 Å². The minimum absolute atomic E-state index is 0.0138. The number of nitrogens with zero attached hydrogens (tertiary/aromatic N) is 1. The molecule has 0 unspecified atom stereocenters. The summed E-state index contributed by atoms with van der Waals surface area (Å²) in [5, 5.41) is 11.9. The maximum absolute atomic E-state index is 11.8. The van der Waals surface area contributed by atoms with Gasteiger partial charge in [0.2, 0.25) is 0 Å². The number of carboxylic acids is 1. The van der Waals surface area contributed by atoms with E-state index in [4.69, 9.17) is 16.7 Å². The molecule has 0 spiro atoms. The van der Waals surface area contributed by atoms with Crippen LogP contribution in [0.15, 0.2) is 18.2 Å². The van der Waals surface area contributed by atoms with Gasteiger partial charge in [-0.2, -0.15) is 0 Å². The van der Waals surface area contributed by atoms with Crippen molar-refractivity contribution in [1.29, 1.82) is 0 Å². The van der Waals surface area contributed by atoms with Crippen LogP contribution in [0.3, 0.4) is 0 Å². The Labute approximate surface area is 110 Å². The van der Waals surface area contributed by atoms with Crippen molar-refractivity contribution >= 4 is 29.3 Å². The highest BCUT2D eigenvalue weighted by atomic mass is 35.5. The molecule has 1 aromatic carbocycles. The predicted molar refractivity (Wildman–Crippen MR) is 70.4 cm³/mol. The monoisotopic (exact) mass is 270 g/mol. The van der Waals surface area contributed by atoms with E-state index in [0.717, 1.165) is 0 Å². The molecule has 98 valence electrons. The topological polar surface area (TPSA) is 69.6 Å². The van der Waals surface area contributed by atoms with Crippen LogP contribution in [0.1, 0.15) is 24.2 Å². The first kappa shape index (κ1) is 14.3. The first-order valence-corrected chi connectivity index (χ1v) is 5.96. The van der Waals surface area contributed by atoms with E-state index < -0.39 is 5.97 Å². The van der Waals surface area contributed by atoms with E-state index in [9.17, 15) is 9.59 Å². The zero-order valence-electron chi connectivity index (χ0n) is 10.2. The van der Waals surface area contributed by atoms with E-state index in [1.807, 2.05) is 13.8 Å². The fourth-order valence-electron chi connectivity index (χ4n) is 1.51. The normalized spacial score (nSPS) is 9.94. The number of anilines is 1. The van der Waals surface area contributed by atoms with Crippen LogP contribution in [-0.4, -0.2) is 35.1 Å². The van der Waals surface area contributed by atoms with Gasteiger partial charge in [-0.15, -0.1) is 0 Å². The standard InChI is InChI=1S/C12H15ClN2O3/c1-3-15(4-2)12(18)14-10-7-8(13)5-6-9(10)11(16)17/h5-7H,3-4H2,1-2H3,(H,14,18)(H,16,17). The number of carboxylic acid groups (broad SMARTS) is 1. The summed E-state index contributed by atoms with van der Waals surface area (Å²) < 4.78 is 0. The second kappa shape index (κ2) is 6.26. The molecule has 6 heteroatoms. The molecule has 0 aliphatic rings. The number of aromatic carboxylic acids is 1. The van der Waals surface area contributed by atoms with Crippen molar-refractivity contribution in [3.63, 3.8) is 0 Å². The number of hydrogen-bond acceptors (Lipinski definition) is 2. The number of amides is 2. The Hall–Kier alpha value is -1.75. The summed E-state index contributed by atoms with van der Waals surface area (Å²) in [6, 6.07) is 3.91. The molecule has 5 nitrogen and oxygen atoms in total. The fourth-order valence-corrected chi connectivity index (χ4v) is 1.68. The number of halogens is 1. The third-order valence-corrected chi connectivity index (χ3v) is 2.74. The van der Waals surface area contributed by atoms with Gasteiger partial charge in [0, 0.05) is 18.1 Å². The van der Waals surface area contributed by atoms with Crippen LogP contribution in [0.2, 0.25) is 5.02 Å². The first-order valence-electron chi connectivity index (χ1n) is 5.58. The Kier molecular flexibility index (Phi) is 4.97. The van der Waals surface area contributed by atoms with E-state index in [-0.39, 0.29) is 17.3 Å². The molecular formula is C12H15ClN2O3. The lowest BCUT2D eigenvalue weighted by atomic mass is 10.2. The van der Waals surface area contributed by atoms with Gasteiger partial charge in [-0.05, 0) is 32.0 Å². The van der Waals surface area contributed by atoms with Gasteiger partial charge < -0.3 is 15.3 Å². The fraction of sp³-hybridized carbons (Fsp3) is 0.333. The number of hydrogen-bond donors (Lipinski definition) is 2. The second-order valence-electron chi connectivity index (χ2n) is 3.60. The maximum Gasteiger partial charge on any atom is 0.337 e. The molecule has 0 bridgehead atoms. The molecule has 0 aliphatic carbocycles. The van der Waals surface area contributed by atoms with Crippen molar-refractivity contribution in [2.75, 3.05) is 18.4 Å². The number of rotatable bonds is 4. The number of carbonyl (C=O) groups excluding carboxylic acids is 1. The van der Waals surface area contributed by atoms with Gasteiger partial charge in [0.15, 0.2) is 0 Å². The molecule has 0 saturated carbocycles. The van der Waals surface area contributed by atoms with Crippen LogP contribution >= 0.6 is 11.6 Å². The molecule has 1 aromatic rings. The summed E-state index contributed by atoms with van der Waals surface area (Å²) in [7, 11) is 0. The van der Waals surface area contributed by atoms with E-state index in [0.29, 0.717) is 18.1 Å². The minimum Gasteiger partial charge on any atom is -0.478 e. The van der Waals surface area contributed by atoms with Crippen LogP contribution in [0.25, 0.3) is 0 Å². The van der Waals surface area contributed by atoms with E-state index in [1.165, 1.54) is 18.2 Å². The highest BCUT2D eigenvalue weighted by molar-refractivity contribution is 6.31. The van der Waals surface area contributed by atoms with Crippen molar-refractivity contribution in [2.45, 2.75) is 13.8 Å². The number of carbonyl (C=O) groups is 2. The van der Waals surface area contributed by atoms with Gasteiger partial charge in [0.05, 0.1) is 11.3 Å². The third kappa shape index (κ3) is 3.37. The van der Waals surface area contributed by atoms with Crippen LogP contribution in [0, 0.1) is 0 Å². The Bertz CT molecular complexity index is 459. The number of nitrogens with one attached hydrogen (secondary N) is 1. The van der Waals surface area contributed by atoms with Crippen LogP contribution < -0.4 is 5.32 Å². The van der Waals surface area contributed by atoms with Crippen molar-refractivity contribution in [2.24, 2.45) is 0 Å². The van der Waals surface area contributed by atoms with Crippen molar-refractivity contribution < 1.29 is 14.7 Å². The molecule has 0 fully saturated rings. The Morgan fingerprint density at radius 2 is 1.94 bits per heavy atom. The smallest absolute Gasteiger partial charge is 0.337 e. The Balaban J connectivity index is 2.99. The molecule has 0 aliphatic heterocycles. The zero-order valence-corrected chi connectivity index (χ0v) is 11.0. The first-order chi connectivity index (χ1) is 8.49. The van der Waals surface area contributed by atoms with Gasteiger partial charge >= 0.3 is 12.0 Å². The molecule has 0 atom stereocenters. The largest absolute Gasteiger partial charge is 0.478 e. The second-order valence-corrected chi connectivity index (χ2v) is 4.03. The molecule has 2 N–H and O–H groups in total. The number of urea groups is 1. The molecule has 2 amide bonds. The Morgan fingerprint density at radius 1 is 1.33 bits per heavy atom.